The molecule has 0 aliphatic rings. The smallest absolute Gasteiger partial charge is 0.328 e. The van der Waals surface area contributed by atoms with Gasteiger partial charge in [0.15, 0.2) is 0 Å². The number of benzene rings is 1. The number of carbonyl (C=O) groups excluding carboxylic acids is 1. The number of nitrogens with one attached hydrogen (secondary N) is 1. The van der Waals surface area contributed by atoms with Gasteiger partial charge >= 0.3 is 5.97 Å². The number of carboxylic acids is 1. The molecular weight excluding hydrogens is 268 g/mol. The van der Waals surface area contributed by atoms with E-state index in [2.05, 4.69) is 10.3 Å². The topological polar surface area (TPSA) is 79.3 Å². The lowest BCUT2D eigenvalue weighted by Crippen LogP contribution is -2.08. The van der Waals surface area contributed by atoms with Crippen molar-refractivity contribution in [3.8, 4) is 0 Å². The summed E-state index contributed by atoms with van der Waals surface area (Å²) >= 11 is 0. The van der Waals surface area contributed by atoms with Gasteiger partial charge in [-0.05, 0) is 41.8 Å². The van der Waals surface area contributed by atoms with Crippen molar-refractivity contribution in [2.24, 2.45) is 0 Å². The monoisotopic (exact) mass is 282 g/mol. The van der Waals surface area contributed by atoms with Crippen LogP contribution in [0.3, 0.4) is 0 Å². The molecule has 21 heavy (non-hydrogen) atoms. The molecule has 0 bridgehead atoms. The Morgan fingerprint density at radius 2 is 1.62 bits per heavy atom. The molecule has 2 N–H and O–H groups in total. The summed E-state index contributed by atoms with van der Waals surface area (Å²) < 4.78 is 0. The molecule has 0 saturated carbocycles. The Bertz CT molecular complexity index is 649. The van der Waals surface area contributed by atoms with Crippen molar-refractivity contribution < 1.29 is 14.7 Å². The number of hydrogen-bond acceptors (Lipinski definition) is 3. The van der Waals surface area contributed by atoms with E-state index in [0.717, 1.165) is 29.7 Å². The van der Waals surface area contributed by atoms with Gasteiger partial charge < -0.3 is 10.4 Å². The maximum absolute atomic E-state index is 11.4. The van der Waals surface area contributed by atoms with Crippen LogP contribution in [0.5, 0.6) is 0 Å². The lowest BCUT2D eigenvalue weighted by molar-refractivity contribution is -0.131. The standard InChI is InChI=1S/C16H14N2O3/c19-15(5-6-16(20)21)18-14-3-1-12(2-4-14)11-13-7-9-17-10-8-13/h1-10H,11H2,(H,18,19)(H,20,21)/b6-5+. The van der Waals surface area contributed by atoms with Crippen molar-refractivity contribution in [1.29, 1.82) is 0 Å². The quantitative estimate of drug-likeness (QED) is 0.824. The van der Waals surface area contributed by atoms with Crippen molar-refractivity contribution in [3.63, 3.8) is 0 Å². The van der Waals surface area contributed by atoms with Crippen molar-refractivity contribution >= 4 is 17.6 Å². The normalized spacial score (nSPS) is 10.5. The van der Waals surface area contributed by atoms with Gasteiger partial charge in [-0.1, -0.05) is 12.1 Å². The van der Waals surface area contributed by atoms with Crippen LogP contribution in [0.25, 0.3) is 0 Å². The molecule has 1 aromatic heterocycles. The number of anilines is 1. The first-order chi connectivity index (χ1) is 10.1. The van der Waals surface area contributed by atoms with Crippen LogP contribution in [0.1, 0.15) is 11.1 Å². The number of carbonyl (C=O) groups is 2. The second kappa shape index (κ2) is 7.00. The van der Waals surface area contributed by atoms with Gasteiger partial charge in [0.1, 0.15) is 0 Å². The Hall–Kier alpha value is -2.95. The van der Waals surface area contributed by atoms with Gasteiger partial charge in [-0.3, -0.25) is 9.78 Å². The van der Waals surface area contributed by atoms with Crippen LogP contribution in [0, 0.1) is 0 Å². The van der Waals surface area contributed by atoms with Crippen LogP contribution < -0.4 is 5.32 Å². The number of rotatable bonds is 5. The van der Waals surface area contributed by atoms with E-state index in [1.54, 1.807) is 24.5 Å². The summed E-state index contributed by atoms with van der Waals surface area (Å²) in [5.41, 5.74) is 2.89. The summed E-state index contributed by atoms with van der Waals surface area (Å²) in [6, 6.07) is 11.3. The van der Waals surface area contributed by atoms with Crippen LogP contribution in [0.4, 0.5) is 5.69 Å². The molecule has 5 heteroatoms. The molecule has 5 nitrogen and oxygen atoms in total. The molecule has 1 aromatic carbocycles. The van der Waals surface area contributed by atoms with Gasteiger partial charge in [0, 0.05) is 30.2 Å². The third-order valence-corrected chi connectivity index (χ3v) is 2.76. The summed E-state index contributed by atoms with van der Waals surface area (Å²) in [6.45, 7) is 0. The molecule has 2 rings (SSSR count). The predicted octanol–water partition coefficient (Wildman–Crippen LogP) is 2.25. The average Bonchev–Trinajstić information content (AvgIpc) is 2.48. The van der Waals surface area contributed by atoms with Crippen molar-refractivity contribution in [3.05, 3.63) is 72.1 Å². The molecule has 1 heterocycles. The summed E-state index contributed by atoms with van der Waals surface area (Å²) in [7, 11) is 0. The Morgan fingerprint density at radius 3 is 2.24 bits per heavy atom. The first kappa shape index (κ1) is 14.5. The van der Waals surface area contributed by atoms with Crippen LogP contribution in [0.2, 0.25) is 0 Å². The van der Waals surface area contributed by atoms with Crippen LogP contribution in [0.15, 0.2) is 60.9 Å². The highest BCUT2D eigenvalue weighted by molar-refractivity contribution is 6.02. The zero-order valence-electron chi connectivity index (χ0n) is 11.2. The van der Waals surface area contributed by atoms with Crippen LogP contribution in [-0.2, 0) is 16.0 Å². The maximum Gasteiger partial charge on any atom is 0.328 e. The Labute approximate surface area is 122 Å². The second-order valence-electron chi connectivity index (χ2n) is 4.39. The number of pyridine rings is 1. The molecule has 0 fully saturated rings. The van der Waals surface area contributed by atoms with E-state index in [1.807, 2.05) is 24.3 Å². The minimum atomic E-state index is -1.15. The lowest BCUT2D eigenvalue weighted by atomic mass is 10.1. The molecular formula is C16H14N2O3. The summed E-state index contributed by atoms with van der Waals surface area (Å²) in [5.74, 6) is -1.63. The van der Waals surface area contributed by atoms with Gasteiger partial charge in [-0.25, -0.2) is 4.79 Å². The Kier molecular flexibility index (Phi) is 4.82. The van der Waals surface area contributed by atoms with E-state index < -0.39 is 11.9 Å². The molecule has 0 saturated heterocycles. The molecule has 0 spiro atoms. The third-order valence-electron chi connectivity index (χ3n) is 2.76. The average molecular weight is 282 g/mol. The minimum absolute atomic E-state index is 0.473. The second-order valence-corrected chi connectivity index (χ2v) is 4.39. The van der Waals surface area contributed by atoms with Crippen molar-refractivity contribution in [1.82, 2.24) is 4.98 Å². The SMILES string of the molecule is O=C(O)/C=C/C(=O)Nc1ccc(Cc2ccncc2)cc1. The number of aliphatic carboxylic acids is 1. The minimum Gasteiger partial charge on any atom is -0.478 e. The number of nitrogens with zero attached hydrogens (tertiary/aromatic N) is 1. The molecule has 0 aliphatic carbocycles. The molecule has 1 amide bonds. The Balaban J connectivity index is 1.96. The molecule has 106 valence electrons. The number of hydrogen-bond donors (Lipinski definition) is 2. The fraction of sp³-hybridized carbons (Fsp3) is 0.0625. The van der Waals surface area contributed by atoms with Gasteiger partial charge in [-0.15, -0.1) is 0 Å². The van der Waals surface area contributed by atoms with Gasteiger partial charge in [0.25, 0.3) is 0 Å². The summed E-state index contributed by atoms with van der Waals surface area (Å²) in [4.78, 5) is 25.7. The maximum atomic E-state index is 11.4. The number of carboxylic acid groups (broad SMARTS) is 1. The Morgan fingerprint density at radius 1 is 1.00 bits per heavy atom. The van der Waals surface area contributed by atoms with Gasteiger partial charge in [0.05, 0.1) is 0 Å². The van der Waals surface area contributed by atoms with Crippen LogP contribution >= 0.6 is 0 Å². The fourth-order valence-corrected chi connectivity index (χ4v) is 1.77. The highest BCUT2D eigenvalue weighted by Gasteiger charge is 2.00. The summed E-state index contributed by atoms with van der Waals surface area (Å²) in [6.07, 6.45) is 6.06. The molecule has 0 unspecified atom stereocenters. The van der Waals surface area contributed by atoms with E-state index in [1.165, 1.54) is 0 Å². The number of aromatic nitrogens is 1. The third kappa shape index (κ3) is 4.91. The fourth-order valence-electron chi connectivity index (χ4n) is 1.77. The van der Waals surface area contributed by atoms with Crippen LogP contribution in [-0.4, -0.2) is 22.0 Å². The first-order valence-electron chi connectivity index (χ1n) is 6.33. The van der Waals surface area contributed by atoms with E-state index in [-0.39, 0.29) is 0 Å². The van der Waals surface area contributed by atoms with Gasteiger partial charge in [-0.2, -0.15) is 0 Å². The predicted molar refractivity (Wildman–Crippen MR) is 78.9 cm³/mol. The zero-order valence-corrected chi connectivity index (χ0v) is 11.2. The lowest BCUT2D eigenvalue weighted by Gasteiger charge is -2.05. The highest BCUT2D eigenvalue weighted by Crippen LogP contribution is 2.13. The molecule has 0 radical (unpaired) electrons. The van der Waals surface area contributed by atoms with E-state index in [4.69, 9.17) is 5.11 Å². The first-order valence-corrected chi connectivity index (χ1v) is 6.33. The molecule has 2 aromatic rings. The largest absolute Gasteiger partial charge is 0.478 e. The van der Waals surface area contributed by atoms with Gasteiger partial charge in [0.2, 0.25) is 5.91 Å². The number of amides is 1. The highest BCUT2D eigenvalue weighted by atomic mass is 16.4. The van der Waals surface area contributed by atoms with E-state index >= 15 is 0 Å². The van der Waals surface area contributed by atoms with Crippen molar-refractivity contribution in [2.75, 3.05) is 5.32 Å². The molecule has 0 atom stereocenters. The zero-order chi connectivity index (χ0) is 15.1. The van der Waals surface area contributed by atoms with E-state index in [9.17, 15) is 9.59 Å². The van der Waals surface area contributed by atoms with Crippen molar-refractivity contribution in [2.45, 2.75) is 6.42 Å². The van der Waals surface area contributed by atoms with E-state index in [0.29, 0.717) is 5.69 Å². The summed E-state index contributed by atoms with van der Waals surface area (Å²) in [5, 5.41) is 11.0. The molecule has 0 aliphatic heterocycles.